The first-order chi connectivity index (χ1) is 10.3. The number of hydrogen-bond donors (Lipinski definition) is 2. The minimum atomic E-state index is -4.87. The van der Waals surface area contributed by atoms with Gasteiger partial charge in [0.2, 0.25) is 0 Å². The van der Waals surface area contributed by atoms with Crippen LogP contribution in [0.3, 0.4) is 0 Å². The molecule has 1 aliphatic rings. The van der Waals surface area contributed by atoms with Crippen molar-refractivity contribution in [2.45, 2.75) is 11.9 Å². The van der Waals surface area contributed by atoms with E-state index >= 15 is 0 Å². The van der Waals surface area contributed by atoms with Crippen LogP contribution < -0.4 is 10.1 Å². The van der Waals surface area contributed by atoms with Crippen LogP contribution in [0.25, 0.3) is 0 Å². The van der Waals surface area contributed by atoms with Crippen LogP contribution >= 0.6 is 0 Å². The highest BCUT2D eigenvalue weighted by Gasteiger charge is 2.44. The highest BCUT2D eigenvalue weighted by Crippen LogP contribution is 2.39. The van der Waals surface area contributed by atoms with E-state index in [1.54, 1.807) is 0 Å². The summed E-state index contributed by atoms with van der Waals surface area (Å²) in [6.07, 6.45) is -4.77. The number of nitrogens with one attached hydrogen (secondary N) is 1. The molecule has 0 spiro atoms. The number of carboxylic acid groups (broad SMARTS) is 1. The van der Waals surface area contributed by atoms with Crippen molar-refractivity contribution in [3.63, 3.8) is 0 Å². The molecule has 2 rings (SSSR count). The number of para-hydroxylation sites is 1. The quantitative estimate of drug-likeness (QED) is 0.841. The van der Waals surface area contributed by atoms with Gasteiger partial charge >= 0.3 is 12.5 Å². The second kappa shape index (κ2) is 5.88. The van der Waals surface area contributed by atoms with E-state index in [0.29, 0.717) is 6.54 Å². The molecule has 1 amide bonds. The molecule has 1 aromatic rings. The van der Waals surface area contributed by atoms with Gasteiger partial charge in [-0.1, -0.05) is 24.3 Å². The Kier molecular flexibility index (Phi) is 4.32. The number of amides is 1. The van der Waals surface area contributed by atoms with Crippen molar-refractivity contribution in [3.05, 3.63) is 42.5 Å². The van der Waals surface area contributed by atoms with Crippen molar-refractivity contribution in [2.24, 2.45) is 0 Å². The van der Waals surface area contributed by atoms with E-state index in [9.17, 15) is 23.1 Å². The maximum absolute atomic E-state index is 12.6. The number of benzene rings is 1. The van der Waals surface area contributed by atoms with Crippen molar-refractivity contribution in [1.82, 2.24) is 10.2 Å². The molecule has 1 fully saturated rings. The molecular weight excluding hydrogens is 301 g/mol. The molecule has 0 aliphatic carbocycles. The predicted octanol–water partition coefficient (Wildman–Crippen LogP) is 2.55. The van der Waals surface area contributed by atoms with Crippen molar-refractivity contribution in [1.29, 1.82) is 0 Å². The van der Waals surface area contributed by atoms with Crippen molar-refractivity contribution < 1.29 is 27.8 Å². The Morgan fingerprint density at radius 3 is 2.73 bits per heavy atom. The average molecular weight is 316 g/mol. The molecule has 8 heteroatoms. The summed E-state index contributed by atoms with van der Waals surface area (Å²) < 4.78 is 41.8. The molecule has 2 N–H and O–H groups in total. The van der Waals surface area contributed by atoms with E-state index in [0.717, 1.165) is 11.0 Å². The number of halogens is 3. The van der Waals surface area contributed by atoms with Gasteiger partial charge in [0.25, 0.3) is 0 Å². The SMILES string of the molecule is C=CC1(c2ccccc2OC(F)(F)F)CNCCN1C(=O)O. The summed E-state index contributed by atoms with van der Waals surface area (Å²) in [5.74, 6) is -0.440. The lowest BCUT2D eigenvalue weighted by Gasteiger charge is -2.44. The lowest BCUT2D eigenvalue weighted by Crippen LogP contribution is -2.59. The van der Waals surface area contributed by atoms with E-state index in [-0.39, 0.29) is 18.7 Å². The summed E-state index contributed by atoms with van der Waals surface area (Å²) in [4.78, 5) is 12.6. The Balaban J connectivity index is 2.55. The van der Waals surface area contributed by atoms with Gasteiger partial charge in [-0.3, -0.25) is 4.90 Å². The lowest BCUT2D eigenvalue weighted by atomic mass is 9.85. The molecule has 1 saturated heterocycles. The summed E-state index contributed by atoms with van der Waals surface area (Å²) in [7, 11) is 0. The Morgan fingerprint density at radius 2 is 2.14 bits per heavy atom. The van der Waals surface area contributed by atoms with Crippen LogP contribution in [0.1, 0.15) is 5.56 Å². The molecule has 1 aliphatic heterocycles. The minimum absolute atomic E-state index is 0.0944. The van der Waals surface area contributed by atoms with Gasteiger partial charge < -0.3 is 15.2 Å². The number of rotatable bonds is 3. The molecule has 1 heterocycles. The maximum atomic E-state index is 12.6. The number of ether oxygens (including phenoxy) is 1. The smallest absolute Gasteiger partial charge is 0.465 e. The first-order valence-corrected chi connectivity index (χ1v) is 6.50. The molecule has 0 radical (unpaired) electrons. The van der Waals surface area contributed by atoms with E-state index in [1.807, 2.05) is 0 Å². The van der Waals surface area contributed by atoms with Crippen LogP contribution in [-0.2, 0) is 5.54 Å². The van der Waals surface area contributed by atoms with E-state index in [1.165, 1.54) is 24.3 Å². The third-order valence-corrected chi connectivity index (χ3v) is 3.54. The van der Waals surface area contributed by atoms with Crippen LogP contribution in [0.2, 0.25) is 0 Å². The molecule has 0 saturated carbocycles. The molecule has 1 aromatic carbocycles. The molecule has 22 heavy (non-hydrogen) atoms. The van der Waals surface area contributed by atoms with Crippen molar-refractivity contribution in [3.8, 4) is 5.75 Å². The summed E-state index contributed by atoms with van der Waals surface area (Å²) >= 11 is 0. The fraction of sp³-hybridized carbons (Fsp3) is 0.357. The molecule has 120 valence electrons. The van der Waals surface area contributed by atoms with Crippen LogP contribution in [0.15, 0.2) is 36.9 Å². The van der Waals surface area contributed by atoms with Gasteiger partial charge in [0.15, 0.2) is 0 Å². The minimum Gasteiger partial charge on any atom is -0.465 e. The van der Waals surface area contributed by atoms with Crippen molar-refractivity contribution >= 4 is 6.09 Å². The summed E-state index contributed by atoms with van der Waals surface area (Å²) in [5.41, 5.74) is -1.23. The van der Waals surface area contributed by atoms with Gasteiger partial charge in [-0.15, -0.1) is 19.8 Å². The maximum Gasteiger partial charge on any atom is 0.573 e. The molecule has 0 aromatic heterocycles. The highest BCUT2D eigenvalue weighted by atomic mass is 19.4. The third-order valence-electron chi connectivity index (χ3n) is 3.54. The number of nitrogens with zero attached hydrogens (tertiary/aromatic N) is 1. The number of hydrogen-bond acceptors (Lipinski definition) is 3. The second-order valence-corrected chi connectivity index (χ2v) is 4.78. The normalized spacial score (nSPS) is 22.2. The van der Waals surface area contributed by atoms with E-state index < -0.39 is 23.7 Å². The molecule has 0 bridgehead atoms. The summed E-state index contributed by atoms with van der Waals surface area (Å²) in [5, 5.41) is 12.4. The first kappa shape index (κ1) is 16.2. The van der Waals surface area contributed by atoms with E-state index in [2.05, 4.69) is 16.6 Å². The largest absolute Gasteiger partial charge is 0.573 e. The predicted molar refractivity (Wildman–Crippen MR) is 72.6 cm³/mol. The standard InChI is InChI=1S/C14H15F3N2O3/c1-2-13(9-18-7-8-19(13)12(20)21)10-5-3-4-6-11(10)22-14(15,16)17/h2-6,18H,1,7-9H2,(H,20,21). The van der Waals surface area contributed by atoms with Gasteiger partial charge in [-0.2, -0.15) is 0 Å². The second-order valence-electron chi connectivity index (χ2n) is 4.78. The van der Waals surface area contributed by atoms with Gasteiger partial charge in [-0.05, 0) is 6.07 Å². The molecule has 1 unspecified atom stereocenters. The Labute approximate surface area is 125 Å². The van der Waals surface area contributed by atoms with Crippen molar-refractivity contribution in [2.75, 3.05) is 19.6 Å². The molecule has 5 nitrogen and oxygen atoms in total. The first-order valence-electron chi connectivity index (χ1n) is 6.50. The zero-order valence-corrected chi connectivity index (χ0v) is 11.6. The van der Waals surface area contributed by atoms with Gasteiger partial charge in [0.05, 0.1) is 0 Å². The van der Waals surface area contributed by atoms with Gasteiger partial charge in [-0.25, -0.2) is 4.79 Å². The fourth-order valence-corrected chi connectivity index (χ4v) is 2.60. The lowest BCUT2D eigenvalue weighted by molar-refractivity contribution is -0.275. The number of piperazine rings is 1. The highest BCUT2D eigenvalue weighted by molar-refractivity contribution is 5.68. The monoisotopic (exact) mass is 316 g/mol. The zero-order valence-electron chi connectivity index (χ0n) is 11.6. The Morgan fingerprint density at radius 1 is 1.45 bits per heavy atom. The number of alkyl halides is 3. The summed E-state index contributed by atoms with van der Waals surface area (Å²) in [6, 6.07) is 5.48. The number of carbonyl (C=O) groups is 1. The van der Waals surface area contributed by atoms with Crippen LogP contribution in [0, 0.1) is 0 Å². The Bertz CT molecular complexity index is 577. The summed E-state index contributed by atoms with van der Waals surface area (Å²) in [6.45, 7) is 4.27. The third kappa shape index (κ3) is 3.01. The van der Waals surface area contributed by atoms with Crippen LogP contribution in [0.4, 0.5) is 18.0 Å². The molecular formula is C14H15F3N2O3. The Hall–Kier alpha value is -2.22. The van der Waals surface area contributed by atoms with Gasteiger partial charge in [0.1, 0.15) is 11.3 Å². The van der Waals surface area contributed by atoms with Gasteiger partial charge in [0, 0.05) is 25.2 Å². The van der Waals surface area contributed by atoms with Crippen LogP contribution in [-0.4, -0.2) is 42.1 Å². The zero-order chi connectivity index (χ0) is 16.4. The van der Waals surface area contributed by atoms with E-state index in [4.69, 9.17) is 0 Å². The average Bonchev–Trinajstić information content (AvgIpc) is 2.46. The molecule has 1 atom stereocenters. The topological polar surface area (TPSA) is 61.8 Å². The van der Waals surface area contributed by atoms with Crippen LogP contribution in [0.5, 0.6) is 5.75 Å². The fourth-order valence-electron chi connectivity index (χ4n) is 2.60.